The van der Waals surface area contributed by atoms with E-state index in [1.807, 2.05) is 0 Å². The molecular weight excluding hydrogens is 213 g/mol. The van der Waals surface area contributed by atoms with Gasteiger partial charge in [0.1, 0.15) is 12.1 Å². The van der Waals surface area contributed by atoms with E-state index in [0.717, 1.165) is 6.07 Å². The first kappa shape index (κ1) is 10.2. The molecule has 82 valence electrons. The third-order valence-corrected chi connectivity index (χ3v) is 1.93. The Morgan fingerprint density at radius 1 is 1.44 bits per heavy atom. The minimum absolute atomic E-state index is 0.101. The van der Waals surface area contributed by atoms with E-state index in [1.165, 1.54) is 24.5 Å². The van der Waals surface area contributed by atoms with Gasteiger partial charge in [0.05, 0.1) is 11.4 Å². The molecular formula is C10H8FN3O2. The molecule has 0 spiro atoms. The average Bonchev–Trinajstić information content (AvgIpc) is 2.76. The van der Waals surface area contributed by atoms with E-state index in [-0.39, 0.29) is 17.1 Å². The number of anilines is 2. The second-order valence-corrected chi connectivity index (χ2v) is 3.07. The largest absolute Gasteiger partial charge is 0.397 e. The monoisotopic (exact) mass is 221 g/mol. The molecule has 1 heterocycles. The van der Waals surface area contributed by atoms with Crippen LogP contribution in [-0.4, -0.2) is 11.1 Å². The number of hydrogen-bond donors (Lipinski definition) is 2. The number of aromatic nitrogens is 1. The van der Waals surface area contributed by atoms with E-state index >= 15 is 0 Å². The fourth-order valence-corrected chi connectivity index (χ4v) is 1.15. The van der Waals surface area contributed by atoms with Crippen molar-refractivity contribution < 1.29 is 13.7 Å². The molecule has 0 radical (unpaired) electrons. The van der Waals surface area contributed by atoms with Crippen molar-refractivity contribution in [2.75, 3.05) is 11.1 Å². The van der Waals surface area contributed by atoms with Gasteiger partial charge in [-0.3, -0.25) is 4.79 Å². The van der Waals surface area contributed by atoms with E-state index in [4.69, 9.17) is 5.73 Å². The van der Waals surface area contributed by atoms with E-state index in [9.17, 15) is 9.18 Å². The lowest BCUT2D eigenvalue weighted by Crippen LogP contribution is -2.13. The molecule has 5 nitrogen and oxygen atoms in total. The van der Waals surface area contributed by atoms with Crippen LogP contribution >= 0.6 is 0 Å². The minimum atomic E-state index is -0.508. The quantitative estimate of drug-likeness (QED) is 0.755. The first-order valence-corrected chi connectivity index (χ1v) is 4.43. The lowest BCUT2D eigenvalue weighted by molar-refractivity contribution is 0.101. The van der Waals surface area contributed by atoms with Crippen LogP contribution in [0.15, 0.2) is 35.1 Å². The summed E-state index contributed by atoms with van der Waals surface area (Å²) < 4.78 is 17.4. The zero-order valence-corrected chi connectivity index (χ0v) is 8.11. The molecule has 16 heavy (non-hydrogen) atoms. The predicted molar refractivity (Wildman–Crippen MR) is 55.3 cm³/mol. The van der Waals surface area contributed by atoms with Gasteiger partial charge in [0.2, 0.25) is 0 Å². The summed E-state index contributed by atoms with van der Waals surface area (Å²) >= 11 is 0. The molecule has 0 bridgehead atoms. The van der Waals surface area contributed by atoms with Crippen LogP contribution in [0.5, 0.6) is 0 Å². The second-order valence-electron chi connectivity index (χ2n) is 3.07. The number of nitrogen functional groups attached to an aromatic ring is 1. The van der Waals surface area contributed by atoms with Crippen LogP contribution in [-0.2, 0) is 0 Å². The SMILES string of the molecule is Nc1ccc(F)cc1NC(=O)c1ccon1. The highest BCUT2D eigenvalue weighted by Gasteiger charge is 2.11. The number of rotatable bonds is 2. The normalized spacial score (nSPS) is 10.1. The highest BCUT2D eigenvalue weighted by atomic mass is 19.1. The number of benzene rings is 1. The summed E-state index contributed by atoms with van der Waals surface area (Å²) in [6.45, 7) is 0. The number of nitrogens with zero attached hydrogens (tertiary/aromatic N) is 1. The molecule has 0 atom stereocenters. The molecule has 2 aromatic rings. The van der Waals surface area contributed by atoms with Gasteiger partial charge < -0.3 is 15.6 Å². The lowest BCUT2D eigenvalue weighted by Gasteiger charge is -2.06. The Hall–Kier alpha value is -2.37. The highest BCUT2D eigenvalue weighted by Crippen LogP contribution is 2.19. The summed E-state index contributed by atoms with van der Waals surface area (Å²) in [6, 6.07) is 5.10. The van der Waals surface area contributed by atoms with Crippen LogP contribution in [0.4, 0.5) is 15.8 Å². The Labute approximate surface area is 90.0 Å². The first-order valence-electron chi connectivity index (χ1n) is 4.43. The third kappa shape index (κ3) is 2.00. The Morgan fingerprint density at radius 3 is 2.94 bits per heavy atom. The van der Waals surface area contributed by atoms with Gasteiger partial charge in [-0.25, -0.2) is 4.39 Å². The fourth-order valence-electron chi connectivity index (χ4n) is 1.15. The van der Waals surface area contributed by atoms with E-state index in [0.29, 0.717) is 0 Å². The summed E-state index contributed by atoms with van der Waals surface area (Å²) in [5.74, 6) is -0.990. The van der Waals surface area contributed by atoms with Crippen molar-refractivity contribution >= 4 is 17.3 Å². The summed E-state index contributed by atoms with van der Waals surface area (Å²) in [5, 5.41) is 5.87. The predicted octanol–water partition coefficient (Wildman–Crippen LogP) is 1.65. The molecule has 0 unspecified atom stereocenters. The number of nitrogens with one attached hydrogen (secondary N) is 1. The van der Waals surface area contributed by atoms with Crippen LogP contribution < -0.4 is 11.1 Å². The van der Waals surface area contributed by atoms with E-state index in [2.05, 4.69) is 15.0 Å². The van der Waals surface area contributed by atoms with Gasteiger partial charge in [-0.15, -0.1) is 0 Å². The molecule has 0 fully saturated rings. The molecule has 1 aromatic heterocycles. The van der Waals surface area contributed by atoms with E-state index in [1.54, 1.807) is 0 Å². The van der Waals surface area contributed by atoms with Crippen molar-refractivity contribution in [3.05, 3.63) is 42.0 Å². The van der Waals surface area contributed by atoms with Crippen molar-refractivity contribution in [3.63, 3.8) is 0 Å². The summed E-state index contributed by atoms with van der Waals surface area (Å²) in [6.07, 6.45) is 1.27. The maximum Gasteiger partial charge on any atom is 0.277 e. The molecule has 0 saturated carbocycles. The zero-order valence-electron chi connectivity index (χ0n) is 8.11. The number of carbonyl (C=O) groups excluding carboxylic acids is 1. The molecule has 1 aromatic carbocycles. The van der Waals surface area contributed by atoms with E-state index < -0.39 is 11.7 Å². The third-order valence-electron chi connectivity index (χ3n) is 1.93. The van der Waals surface area contributed by atoms with Crippen molar-refractivity contribution in [3.8, 4) is 0 Å². The Bertz CT molecular complexity index is 511. The molecule has 2 rings (SSSR count). The van der Waals surface area contributed by atoms with Crippen LogP contribution in [0.25, 0.3) is 0 Å². The van der Waals surface area contributed by atoms with Crippen LogP contribution in [0.3, 0.4) is 0 Å². The second kappa shape index (κ2) is 4.01. The van der Waals surface area contributed by atoms with Crippen molar-refractivity contribution in [2.24, 2.45) is 0 Å². The van der Waals surface area contributed by atoms with Gasteiger partial charge in [-0.05, 0) is 18.2 Å². The summed E-state index contributed by atoms with van der Waals surface area (Å²) in [5.41, 5.74) is 6.14. The molecule has 3 N–H and O–H groups in total. The maximum absolute atomic E-state index is 12.9. The van der Waals surface area contributed by atoms with Crippen LogP contribution in [0.2, 0.25) is 0 Å². The standard InChI is InChI=1S/C10H8FN3O2/c11-6-1-2-7(12)9(5-6)13-10(15)8-3-4-16-14-8/h1-5H,12H2,(H,13,15). The molecule has 0 aliphatic rings. The van der Waals surface area contributed by atoms with Crippen molar-refractivity contribution in [1.29, 1.82) is 0 Å². The van der Waals surface area contributed by atoms with Gasteiger partial charge >= 0.3 is 0 Å². The topological polar surface area (TPSA) is 81.1 Å². The number of carbonyl (C=O) groups is 1. The highest BCUT2D eigenvalue weighted by molar-refractivity contribution is 6.04. The molecule has 6 heteroatoms. The minimum Gasteiger partial charge on any atom is -0.397 e. The maximum atomic E-state index is 12.9. The van der Waals surface area contributed by atoms with Crippen LogP contribution in [0, 0.1) is 5.82 Å². The van der Waals surface area contributed by atoms with Gasteiger partial charge in [-0.1, -0.05) is 5.16 Å². The van der Waals surface area contributed by atoms with Crippen molar-refractivity contribution in [1.82, 2.24) is 5.16 Å². The number of amides is 1. The summed E-state index contributed by atoms with van der Waals surface area (Å²) in [4.78, 5) is 11.5. The van der Waals surface area contributed by atoms with Crippen LogP contribution in [0.1, 0.15) is 10.5 Å². The Kier molecular flexibility index (Phi) is 2.55. The van der Waals surface area contributed by atoms with Gasteiger partial charge in [0.15, 0.2) is 5.69 Å². The molecule has 0 saturated heterocycles. The van der Waals surface area contributed by atoms with Gasteiger partial charge in [-0.2, -0.15) is 0 Å². The number of nitrogens with two attached hydrogens (primary N) is 1. The number of hydrogen-bond acceptors (Lipinski definition) is 4. The molecule has 0 aliphatic heterocycles. The van der Waals surface area contributed by atoms with Gasteiger partial charge in [0, 0.05) is 6.07 Å². The lowest BCUT2D eigenvalue weighted by atomic mass is 10.2. The van der Waals surface area contributed by atoms with Gasteiger partial charge in [0.25, 0.3) is 5.91 Å². The fraction of sp³-hybridized carbons (Fsp3) is 0. The molecule has 1 amide bonds. The average molecular weight is 221 g/mol. The zero-order chi connectivity index (χ0) is 11.5. The Balaban J connectivity index is 2.21. The molecule has 0 aliphatic carbocycles. The Morgan fingerprint density at radius 2 is 2.25 bits per heavy atom. The number of halogens is 1. The first-order chi connectivity index (χ1) is 7.66. The smallest absolute Gasteiger partial charge is 0.277 e. The van der Waals surface area contributed by atoms with Crippen molar-refractivity contribution in [2.45, 2.75) is 0 Å². The summed E-state index contributed by atoms with van der Waals surface area (Å²) in [7, 11) is 0.